The lowest BCUT2D eigenvalue weighted by molar-refractivity contribution is -0.160. The van der Waals surface area contributed by atoms with E-state index >= 15 is 0 Å². The minimum Gasteiger partial charge on any atom is -0.496 e. The summed E-state index contributed by atoms with van der Waals surface area (Å²) in [6, 6.07) is 3.38. The summed E-state index contributed by atoms with van der Waals surface area (Å²) in [7, 11) is 2.91. The fraction of sp³-hybridized carbons (Fsp3) is 0.526. The summed E-state index contributed by atoms with van der Waals surface area (Å²) < 4.78 is 10.1. The number of aliphatic carboxylic acids is 1. The smallest absolute Gasteiger partial charge is 0.327 e. The summed E-state index contributed by atoms with van der Waals surface area (Å²) in [4.78, 5) is 39.2. The molecule has 3 aliphatic rings. The highest BCUT2D eigenvalue weighted by molar-refractivity contribution is 8.02. The molecule has 0 radical (unpaired) electrons. The summed E-state index contributed by atoms with van der Waals surface area (Å²) in [5, 5.41) is 12.2. The topological polar surface area (TPSA) is 105 Å². The van der Waals surface area contributed by atoms with Crippen molar-refractivity contribution in [2.24, 2.45) is 0 Å². The van der Waals surface area contributed by atoms with Gasteiger partial charge in [0.15, 0.2) is 0 Å². The van der Waals surface area contributed by atoms with E-state index in [1.165, 1.54) is 30.9 Å². The minimum absolute atomic E-state index is 0.213. The first-order chi connectivity index (χ1) is 13.9. The number of rotatable bonds is 5. The first-order valence-corrected chi connectivity index (χ1v) is 11.3. The normalized spacial score (nSPS) is 27.2. The van der Waals surface area contributed by atoms with E-state index < -0.39 is 28.7 Å². The van der Waals surface area contributed by atoms with Crippen molar-refractivity contribution in [3.8, 4) is 11.5 Å². The number of methoxy groups -OCH3 is 2. The van der Waals surface area contributed by atoms with Crippen LogP contribution < -0.4 is 14.8 Å². The molecule has 1 spiro atoms. The molecule has 2 unspecified atom stereocenters. The highest BCUT2D eigenvalue weighted by atomic mass is 32.2. The van der Waals surface area contributed by atoms with E-state index in [9.17, 15) is 19.5 Å². The van der Waals surface area contributed by atoms with Crippen LogP contribution in [-0.4, -0.2) is 75.7 Å². The van der Waals surface area contributed by atoms with Gasteiger partial charge in [0.25, 0.3) is 5.91 Å². The Balaban J connectivity index is 1.58. The Morgan fingerprint density at radius 2 is 1.83 bits per heavy atom. The zero-order valence-corrected chi connectivity index (χ0v) is 17.7. The van der Waals surface area contributed by atoms with Crippen LogP contribution in [0.5, 0.6) is 11.5 Å². The predicted octanol–water partition coefficient (Wildman–Crippen LogP) is 1.44. The molecule has 2 amide bonds. The first-order valence-electron chi connectivity index (χ1n) is 9.26. The van der Waals surface area contributed by atoms with Crippen LogP contribution in [-0.2, 0) is 9.59 Å². The highest BCUT2D eigenvalue weighted by Crippen LogP contribution is 2.56. The van der Waals surface area contributed by atoms with Crippen LogP contribution in [0.4, 0.5) is 0 Å². The molecule has 4 rings (SSSR count). The van der Waals surface area contributed by atoms with Crippen LogP contribution >= 0.6 is 23.5 Å². The number of fused-ring (bicyclic) bond motifs is 1. The average molecular weight is 439 g/mol. The van der Waals surface area contributed by atoms with Crippen LogP contribution in [0.1, 0.15) is 23.2 Å². The molecule has 1 aromatic carbocycles. The number of carboxylic acid groups (broad SMARTS) is 1. The molecule has 0 saturated carbocycles. The van der Waals surface area contributed by atoms with Crippen LogP contribution in [0.15, 0.2) is 18.2 Å². The van der Waals surface area contributed by atoms with Crippen molar-refractivity contribution < 1.29 is 29.0 Å². The first kappa shape index (κ1) is 20.2. The number of thioether (sulfide) groups is 2. The van der Waals surface area contributed by atoms with E-state index in [0.717, 1.165) is 24.3 Å². The summed E-state index contributed by atoms with van der Waals surface area (Å²) in [5.74, 6) is 0.623. The van der Waals surface area contributed by atoms with Crippen molar-refractivity contribution in [2.75, 3.05) is 25.7 Å². The summed E-state index contributed by atoms with van der Waals surface area (Å²) in [6.45, 7) is 0. The zero-order chi connectivity index (χ0) is 20.8. The number of benzene rings is 1. The summed E-state index contributed by atoms with van der Waals surface area (Å²) >= 11 is 3.33. The lowest BCUT2D eigenvalue weighted by atomic mass is 9.88. The van der Waals surface area contributed by atoms with Crippen molar-refractivity contribution in [2.45, 2.75) is 35.0 Å². The molecular weight excluding hydrogens is 416 g/mol. The SMILES string of the molecule is COc1cccc(OC)c1C(=O)NC1C(=O)N2C(C(=O)O)C3(CCSCC3)S[C@@H]12. The number of hydrogen-bond acceptors (Lipinski definition) is 7. The predicted molar refractivity (Wildman–Crippen MR) is 110 cm³/mol. The Morgan fingerprint density at radius 1 is 1.21 bits per heavy atom. The number of carboxylic acids is 1. The van der Waals surface area contributed by atoms with Gasteiger partial charge in [-0.05, 0) is 36.5 Å². The van der Waals surface area contributed by atoms with E-state index in [-0.39, 0.29) is 16.8 Å². The van der Waals surface area contributed by atoms with Crippen LogP contribution in [0, 0.1) is 0 Å². The van der Waals surface area contributed by atoms with Crippen LogP contribution in [0.2, 0.25) is 0 Å². The highest BCUT2D eigenvalue weighted by Gasteiger charge is 2.67. The number of carbonyl (C=O) groups excluding carboxylic acids is 2. The second kappa shape index (κ2) is 7.64. The maximum Gasteiger partial charge on any atom is 0.327 e. The quantitative estimate of drug-likeness (QED) is 0.666. The van der Waals surface area contributed by atoms with Crippen LogP contribution in [0.3, 0.4) is 0 Å². The largest absolute Gasteiger partial charge is 0.496 e. The van der Waals surface area contributed by atoms with Gasteiger partial charge in [-0.2, -0.15) is 11.8 Å². The lowest BCUT2D eigenvalue weighted by Crippen LogP contribution is -2.70. The molecule has 3 saturated heterocycles. The average Bonchev–Trinajstić information content (AvgIpc) is 3.02. The molecule has 10 heteroatoms. The maximum absolute atomic E-state index is 13.0. The van der Waals surface area contributed by atoms with E-state index in [4.69, 9.17) is 9.47 Å². The standard InChI is InChI=1S/C19H22N2O6S2/c1-26-10-4-3-5-11(27-2)12(10)15(22)20-13-16(23)21-14(18(24)25)19(29-17(13)21)6-8-28-9-7-19/h3-5,13-14,17H,6-9H2,1-2H3,(H,20,22)(H,24,25)/t13?,14?,17-/m0/s1. The maximum atomic E-state index is 13.0. The van der Waals surface area contributed by atoms with E-state index in [2.05, 4.69) is 5.32 Å². The molecule has 8 nitrogen and oxygen atoms in total. The molecule has 2 N–H and O–H groups in total. The monoisotopic (exact) mass is 438 g/mol. The Morgan fingerprint density at radius 3 is 2.38 bits per heavy atom. The molecule has 0 aromatic heterocycles. The van der Waals surface area contributed by atoms with Gasteiger partial charge in [0.05, 0.1) is 19.0 Å². The molecule has 29 heavy (non-hydrogen) atoms. The van der Waals surface area contributed by atoms with Crippen molar-refractivity contribution in [1.82, 2.24) is 10.2 Å². The molecule has 3 fully saturated rings. The van der Waals surface area contributed by atoms with Gasteiger partial charge >= 0.3 is 5.97 Å². The summed E-state index contributed by atoms with van der Waals surface area (Å²) in [6.07, 6.45) is 1.47. The minimum atomic E-state index is -0.976. The van der Waals surface area contributed by atoms with Crippen molar-refractivity contribution in [1.29, 1.82) is 0 Å². The molecule has 3 aliphatic heterocycles. The van der Waals surface area contributed by atoms with Gasteiger partial charge in [-0.1, -0.05) is 6.07 Å². The third-order valence-corrected chi connectivity index (χ3v) is 8.55. The van der Waals surface area contributed by atoms with Crippen LogP contribution in [0.25, 0.3) is 0 Å². The second-order valence-electron chi connectivity index (χ2n) is 7.16. The third-order valence-electron chi connectivity index (χ3n) is 5.73. The van der Waals surface area contributed by atoms with Gasteiger partial charge in [0.2, 0.25) is 5.91 Å². The van der Waals surface area contributed by atoms with Crippen molar-refractivity contribution in [3.05, 3.63) is 23.8 Å². The fourth-order valence-corrected chi connectivity index (χ4v) is 7.72. The molecular formula is C19H22N2O6S2. The van der Waals surface area contributed by atoms with Gasteiger partial charge in [-0.3, -0.25) is 9.59 Å². The Labute approximate surface area is 176 Å². The number of β-lactam (4-membered cyclic amide) rings is 1. The number of nitrogens with zero attached hydrogens (tertiary/aromatic N) is 1. The molecule has 0 bridgehead atoms. The molecule has 0 aliphatic carbocycles. The number of carbonyl (C=O) groups is 3. The van der Waals surface area contributed by atoms with Gasteiger partial charge in [0.1, 0.15) is 34.5 Å². The Hall–Kier alpha value is -2.07. The van der Waals surface area contributed by atoms with Crippen molar-refractivity contribution >= 4 is 41.3 Å². The molecule has 3 heterocycles. The number of hydrogen-bond donors (Lipinski definition) is 2. The molecule has 156 valence electrons. The third kappa shape index (κ3) is 3.13. The second-order valence-corrected chi connectivity index (χ2v) is 9.92. The number of nitrogens with one attached hydrogen (secondary N) is 1. The van der Waals surface area contributed by atoms with Gasteiger partial charge in [-0.15, -0.1) is 11.8 Å². The fourth-order valence-electron chi connectivity index (χ4n) is 4.32. The Kier molecular flexibility index (Phi) is 5.32. The number of ether oxygens (including phenoxy) is 2. The van der Waals surface area contributed by atoms with Gasteiger partial charge in [0, 0.05) is 0 Å². The number of amides is 2. The van der Waals surface area contributed by atoms with E-state index in [1.54, 1.807) is 30.0 Å². The van der Waals surface area contributed by atoms with E-state index in [0.29, 0.717) is 11.5 Å². The van der Waals surface area contributed by atoms with Gasteiger partial charge < -0.3 is 24.8 Å². The lowest BCUT2D eigenvalue weighted by Gasteiger charge is -2.44. The van der Waals surface area contributed by atoms with E-state index in [1.807, 2.05) is 0 Å². The molecule has 1 aromatic rings. The van der Waals surface area contributed by atoms with Gasteiger partial charge in [-0.25, -0.2) is 4.79 Å². The zero-order valence-electron chi connectivity index (χ0n) is 16.0. The van der Waals surface area contributed by atoms with Crippen molar-refractivity contribution in [3.63, 3.8) is 0 Å². The Bertz CT molecular complexity index is 835. The summed E-state index contributed by atoms with van der Waals surface area (Å²) in [5.41, 5.74) is 0.213. The molecule has 3 atom stereocenters.